The quantitative estimate of drug-likeness (QED) is 0.578. The number of ether oxygens (including phenoxy) is 2. The third-order valence-electron chi connectivity index (χ3n) is 7.41. The molecule has 1 saturated heterocycles. The average Bonchev–Trinajstić information content (AvgIpc) is 2.95. The Kier molecular flexibility index (Phi) is 8.05. The van der Waals surface area contributed by atoms with E-state index in [9.17, 15) is 19.6 Å². The largest absolute Gasteiger partial charge is 0.466 e. The Hall–Kier alpha value is -4.58. The van der Waals surface area contributed by atoms with Gasteiger partial charge in [-0.3, -0.25) is 9.69 Å². The van der Waals surface area contributed by atoms with Gasteiger partial charge in [-0.05, 0) is 50.8 Å². The zero-order valence-electron chi connectivity index (χ0n) is 22.5. The van der Waals surface area contributed by atoms with E-state index < -0.39 is 17.9 Å². The van der Waals surface area contributed by atoms with Gasteiger partial charge in [-0.25, -0.2) is 9.59 Å². The van der Waals surface area contributed by atoms with Gasteiger partial charge in [0, 0.05) is 12.1 Å². The van der Waals surface area contributed by atoms with Gasteiger partial charge in [0.15, 0.2) is 0 Å². The van der Waals surface area contributed by atoms with Crippen LogP contribution in [-0.4, -0.2) is 49.0 Å². The highest BCUT2D eigenvalue weighted by Gasteiger charge is 2.44. The molecule has 3 unspecified atom stereocenters. The monoisotopic (exact) mass is 528 g/mol. The fourth-order valence-corrected chi connectivity index (χ4v) is 5.57. The lowest BCUT2D eigenvalue weighted by atomic mass is 9.80. The van der Waals surface area contributed by atoms with Gasteiger partial charge in [0.05, 0.1) is 48.6 Å². The van der Waals surface area contributed by atoms with E-state index in [2.05, 4.69) is 6.07 Å². The molecule has 0 aromatic heterocycles. The van der Waals surface area contributed by atoms with Gasteiger partial charge in [0.2, 0.25) is 0 Å². The molecule has 1 amide bonds. The minimum absolute atomic E-state index is 0.0157. The first-order chi connectivity index (χ1) is 18.8. The second kappa shape index (κ2) is 11.4. The number of hydrogen-bond donors (Lipinski definition) is 1. The van der Waals surface area contributed by atoms with E-state index >= 15 is 0 Å². The first-order valence-electron chi connectivity index (χ1n) is 12.8. The number of likely N-dealkylation sites (tertiary alicyclic amines) is 1. The normalized spacial score (nSPS) is 21.4. The van der Waals surface area contributed by atoms with Crippen LogP contribution in [0.2, 0.25) is 0 Å². The summed E-state index contributed by atoms with van der Waals surface area (Å²) in [5.41, 5.74) is 7.47. The lowest BCUT2D eigenvalue weighted by Crippen LogP contribution is -2.48. The maximum atomic E-state index is 14.0. The molecule has 39 heavy (non-hydrogen) atoms. The molecule has 4 rings (SSSR count). The number of benzene rings is 2. The van der Waals surface area contributed by atoms with E-state index in [0.717, 1.165) is 19.3 Å². The average molecular weight is 529 g/mol. The maximum absolute atomic E-state index is 14.0. The SMILES string of the molecule is COC(=O)C1=C(C(=O)OC)N(c2ccccc2C(=O)N2C(C)CCCC2C)C(N)=C(C#N)C1c1ccccc1. The van der Waals surface area contributed by atoms with E-state index in [0.29, 0.717) is 5.56 Å². The summed E-state index contributed by atoms with van der Waals surface area (Å²) in [5.74, 6) is -2.99. The highest BCUT2D eigenvalue weighted by Crippen LogP contribution is 2.44. The van der Waals surface area contributed by atoms with Crippen LogP contribution in [0.4, 0.5) is 5.69 Å². The van der Waals surface area contributed by atoms with E-state index in [1.165, 1.54) is 19.1 Å². The number of hydrogen-bond acceptors (Lipinski definition) is 8. The number of anilines is 1. The molecule has 0 bridgehead atoms. The molecule has 9 nitrogen and oxygen atoms in total. The molecule has 2 heterocycles. The summed E-state index contributed by atoms with van der Waals surface area (Å²) in [7, 11) is 2.38. The number of carbonyl (C=O) groups is 3. The maximum Gasteiger partial charge on any atom is 0.355 e. The number of nitrogens with zero attached hydrogens (tertiary/aromatic N) is 3. The predicted molar refractivity (Wildman–Crippen MR) is 145 cm³/mol. The van der Waals surface area contributed by atoms with E-state index in [-0.39, 0.29) is 51.9 Å². The van der Waals surface area contributed by atoms with E-state index in [1.54, 1.807) is 54.6 Å². The fraction of sp³-hybridized carbons (Fsp3) is 0.333. The molecule has 2 N–H and O–H groups in total. The first-order valence-corrected chi connectivity index (χ1v) is 12.8. The van der Waals surface area contributed by atoms with Crippen LogP contribution in [0.3, 0.4) is 0 Å². The number of methoxy groups -OCH3 is 2. The zero-order chi connectivity index (χ0) is 28.3. The van der Waals surface area contributed by atoms with Crippen molar-refractivity contribution in [3.8, 4) is 6.07 Å². The lowest BCUT2D eigenvalue weighted by molar-refractivity contribution is -0.139. The predicted octanol–water partition coefficient (Wildman–Crippen LogP) is 3.99. The topological polar surface area (TPSA) is 126 Å². The van der Waals surface area contributed by atoms with Crippen molar-refractivity contribution >= 4 is 23.5 Å². The van der Waals surface area contributed by atoms with Crippen molar-refractivity contribution in [2.45, 2.75) is 51.1 Å². The molecule has 2 aliphatic heterocycles. The number of rotatable bonds is 5. The molecule has 0 radical (unpaired) electrons. The molecular weight excluding hydrogens is 496 g/mol. The number of carbonyl (C=O) groups excluding carboxylic acids is 3. The van der Waals surface area contributed by atoms with Gasteiger partial charge in [0.1, 0.15) is 11.5 Å². The van der Waals surface area contributed by atoms with Crippen LogP contribution in [0, 0.1) is 11.3 Å². The Bertz CT molecular complexity index is 1380. The molecule has 3 atom stereocenters. The molecule has 0 spiro atoms. The van der Waals surface area contributed by atoms with Gasteiger partial charge in [-0.1, -0.05) is 42.5 Å². The molecule has 0 saturated carbocycles. The third kappa shape index (κ3) is 4.86. The van der Waals surface area contributed by atoms with Gasteiger partial charge >= 0.3 is 11.9 Å². The molecule has 202 valence electrons. The second-order valence-corrected chi connectivity index (χ2v) is 9.69. The molecule has 9 heteroatoms. The number of amides is 1. The van der Waals surface area contributed by atoms with Gasteiger partial charge in [-0.15, -0.1) is 0 Å². The van der Waals surface area contributed by atoms with Crippen LogP contribution in [0.5, 0.6) is 0 Å². The van der Waals surface area contributed by atoms with E-state index in [1.807, 2.05) is 18.7 Å². The number of nitriles is 1. The minimum Gasteiger partial charge on any atom is -0.466 e. The van der Waals surface area contributed by atoms with E-state index in [4.69, 9.17) is 15.2 Å². The summed E-state index contributed by atoms with van der Waals surface area (Å²) in [4.78, 5) is 43.8. The minimum atomic E-state index is -0.987. The van der Waals surface area contributed by atoms with Crippen LogP contribution < -0.4 is 10.6 Å². The number of allylic oxidation sites excluding steroid dienone is 1. The molecular formula is C30H32N4O5. The summed E-state index contributed by atoms with van der Waals surface area (Å²) in [6, 6.07) is 17.7. The Labute approximate surface area is 228 Å². The zero-order valence-corrected chi connectivity index (χ0v) is 22.5. The summed E-state index contributed by atoms with van der Waals surface area (Å²) >= 11 is 0. The second-order valence-electron chi connectivity index (χ2n) is 9.69. The van der Waals surface area contributed by atoms with Crippen molar-refractivity contribution in [3.05, 3.63) is 88.4 Å². The van der Waals surface area contributed by atoms with Crippen molar-refractivity contribution in [1.82, 2.24) is 4.90 Å². The van der Waals surface area contributed by atoms with Crippen LogP contribution in [-0.2, 0) is 19.1 Å². The molecule has 0 aliphatic carbocycles. The Morgan fingerprint density at radius 2 is 1.51 bits per heavy atom. The third-order valence-corrected chi connectivity index (χ3v) is 7.41. The smallest absolute Gasteiger partial charge is 0.355 e. The van der Waals surface area contributed by atoms with Crippen molar-refractivity contribution in [2.24, 2.45) is 5.73 Å². The Morgan fingerprint density at radius 1 is 0.923 bits per heavy atom. The summed E-state index contributed by atoms with van der Waals surface area (Å²) in [6.07, 6.45) is 2.78. The Balaban J connectivity index is 2.01. The molecule has 1 fully saturated rings. The van der Waals surface area contributed by atoms with Crippen LogP contribution in [0.1, 0.15) is 54.9 Å². The number of nitrogens with two attached hydrogens (primary N) is 1. The number of para-hydroxylation sites is 1. The van der Waals surface area contributed by atoms with Crippen molar-refractivity contribution in [1.29, 1.82) is 5.26 Å². The highest BCUT2D eigenvalue weighted by molar-refractivity contribution is 6.08. The van der Waals surface area contributed by atoms with Crippen molar-refractivity contribution in [3.63, 3.8) is 0 Å². The molecule has 2 aromatic rings. The fourth-order valence-electron chi connectivity index (χ4n) is 5.57. The van der Waals surface area contributed by atoms with Crippen LogP contribution in [0.25, 0.3) is 0 Å². The summed E-state index contributed by atoms with van der Waals surface area (Å²) in [5, 5.41) is 10.3. The van der Waals surface area contributed by atoms with Crippen molar-refractivity contribution < 1.29 is 23.9 Å². The summed E-state index contributed by atoms with van der Waals surface area (Å²) < 4.78 is 10.2. The Morgan fingerprint density at radius 3 is 2.10 bits per heavy atom. The van der Waals surface area contributed by atoms with Gasteiger partial charge in [0.25, 0.3) is 5.91 Å². The van der Waals surface area contributed by atoms with Gasteiger partial charge in [-0.2, -0.15) is 5.26 Å². The number of piperidine rings is 1. The van der Waals surface area contributed by atoms with Gasteiger partial charge < -0.3 is 20.1 Å². The van der Waals surface area contributed by atoms with Crippen LogP contribution >= 0.6 is 0 Å². The first kappa shape index (κ1) is 27.5. The van der Waals surface area contributed by atoms with Crippen molar-refractivity contribution in [2.75, 3.05) is 19.1 Å². The lowest BCUT2D eigenvalue weighted by Gasteiger charge is -2.40. The van der Waals surface area contributed by atoms with Crippen LogP contribution in [0.15, 0.2) is 77.3 Å². The number of esters is 2. The highest BCUT2D eigenvalue weighted by atomic mass is 16.5. The summed E-state index contributed by atoms with van der Waals surface area (Å²) in [6.45, 7) is 4.03. The molecule has 2 aromatic carbocycles. The standard InChI is InChI=1S/C30H32N4O5/c1-18-11-10-12-19(2)33(18)28(35)21-15-8-9-16-23(21)34-26(30(37)39-4)25(29(36)38-3)24(22(17-31)27(34)32)20-13-6-5-7-14-20/h5-9,13-16,18-19,24H,10-12,32H2,1-4H3. The molecule has 2 aliphatic rings.